The van der Waals surface area contributed by atoms with E-state index in [1.54, 1.807) is 25.7 Å². The maximum Gasteiger partial charge on any atom is 0.229 e. The van der Waals surface area contributed by atoms with Gasteiger partial charge in [-0.25, -0.2) is 4.98 Å². The zero-order valence-electron chi connectivity index (χ0n) is 23.5. The molecule has 0 aliphatic carbocycles. The molecule has 6 rings (SSSR count). The van der Waals surface area contributed by atoms with Crippen molar-refractivity contribution in [2.24, 2.45) is 0 Å². The van der Waals surface area contributed by atoms with Gasteiger partial charge in [0.15, 0.2) is 0 Å². The van der Waals surface area contributed by atoms with Crippen molar-refractivity contribution in [3.8, 4) is 5.75 Å². The fourth-order valence-corrected chi connectivity index (χ4v) is 6.08. The molecular formula is C30H36BrN9O. The molecule has 41 heavy (non-hydrogen) atoms. The molecule has 0 amide bonds. The lowest BCUT2D eigenvalue weighted by molar-refractivity contribution is 0.150. The number of aromatic nitrogens is 4. The van der Waals surface area contributed by atoms with Crippen molar-refractivity contribution in [2.45, 2.75) is 32.2 Å². The molecule has 2 aromatic heterocycles. The molecule has 0 unspecified atom stereocenters. The summed E-state index contributed by atoms with van der Waals surface area (Å²) in [5.41, 5.74) is 5.89. The van der Waals surface area contributed by atoms with E-state index in [1.807, 2.05) is 18.2 Å². The number of piperazine rings is 1. The monoisotopic (exact) mass is 617 g/mol. The Kier molecular flexibility index (Phi) is 8.45. The average molecular weight is 619 g/mol. The minimum absolute atomic E-state index is 0.473. The number of hydrogen-bond donors (Lipinski definition) is 3. The summed E-state index contributed by atoms with van der Waals surface area (Å²) < 4.78 is 6.61. The van der Waals surface area contributed by atoms with Crippen LogP contribution in [0.4, 0.5) is 28.8 Å². The van der Waals surface area contributed by atoms with Crippen LogP contribution in [-0.2, 0) is 6.42 Å². The molecule has 2 aromatic carbocycles. The summed E-state index contributed by atoms with van der Waals surface area (Å²) in [5.74, 6) is 1.89. The molecule has 0 radical (unpaired) electrons. The second kappa shape index (κ2) is 12.5. The third kappa shape index (κ3) is 6.22. The van der Waals surface area contributed by atoms with Crippen LogP contribution in [0.25, 0.3) is 11.0 Å². The topological polar surface area (TPSA) is 103 Å². The number of anilines is 5. The molecule has 214 valence electrons. The number of fused-ring (bicyclic) bond motifs is 1. The van der Waals surface area contributed by atoms with Crippen LogP contribution in [0.1, 0.15) is 25.3 Å². The second-order valence-electron chi connectivity index (χ2n) is 10.4. The Balaban J connectivity index is 1.19. The van der Waals surface area contributed by atoms with Gasteiger partial charge in [-0.3, -0.25) is 14.9 Å². The van der Waals surface area contributed by atoms with E-state index in [2.05, 4.69) is 75.7 Å². The number of nitrogens with one attached hydrogen (secondary N) is 3. The van der Waals surface area contributed by atoms with Crippen LogP contribution >= 0.6 is 15.9 Å². The molecule has 0 atom stereocenters. The summed E-state index contributed by atoms with van der Waals surface area (Å²) in [6, 6.07) is 10.9. The van der Waals surface area contributed by atoms with Crippen molar-refractivity contribution in [2.75, 3.05) is 61.9 Å². The third-order valence-corrected chi connectivity index (χ3v) is 8.56. The van der Waals surface area contributed by atoms with Gasteiger partial charge in [-0.2, -0.15) is 4.98 Å². The number of piperidine rings is 1. The van der Waals surface area contributed by atoms with Gasteiger partial charge in [0.25, 0.3) is 0 Å². The van der Waals surface area contributed by atoms with Crippen LogP contribution in [0, 0.1) is 0 Å². The molecule has 0 saturated carbocycles. The average Bonchev–Trinajstić information content (AvgIpc) is 3.03. The summed E-state index contributed by atoms with van der Waals surface area (Å²) in [4.78, 5) is 23.2. The predicted molar refractivity (Wildman–Crippen MR) is 168 cm³/mol. The zero-order chi connectivity index (χ0) is 28.2. The quantitative estimate of drug-likeness (QED) is 0.247. The van der Waals surface area contributed by atoms with E-state index in [1.165, 1.54) is 24.1 Å². The van der Waals surface area contributed by atoms with E-state index >= 15 is 0 Å². The van der Waals surface area contributed by atoms with Gasteiger partial charge in [0.1, 0.15) is 11.6 Å². The summed E-state index contributed by atoms with van der Waals surface area (Å²) in [6.45, 7) is 8.84. The SMILES string of the molecule is CCc1cc(Nc2ncc(Br)c(Nc3ccc4nccnc4c3)n2)c(OC)cc1N1CCC(N2CCNCC2)CC1. The molecule has 10 nitrogen and oxygen atoms in total. The molecular weight excluding hydrogens is 582 g/mol. The van der Waals surface area contributed by atoms with Gasteiger partial charge in [0, 0.05) is 81.3 Å². The maximum atomic E-state index is 5.86. The smallest absolute Gasteiger partial charge is 0.229 e. The number of benzene rings is 2. The Bertz CT molecular complexity index is 1500. The van der Waals surface area contributed by atoms with Crippen LogP contribution in [0.3, 0.4) is 0 Å². The van der Waals surface area contributed by atoms with Crippen molar-refractivity contribution in [3.63, 3.8) is 0 Å². The number of rotatable bonds is 8. The van der Waals surface area contributed by atoms with Gasteiger partial charge in [-0.05, 0) is 65.0 Å². The van der Waals surface area contributed by atoms with E-state index in [4.69, 9.17) is 9.72 Å². The lowest BCUT2D eigenvalue weighted by Gasteiger charge is -2.41. The first-order chi connectivity index (χ1) is 20.1. The highest BCUT2D eigenvalue weighted by atomic mass is 79.9. The largest absolute Gasteiger partial charge is 0.494 e. The zero-order valence-corrected chi connectivity index (χ0v) is 25.1. The van der Waals surface area contributed by atoms with Crippen LogP contribution in [0.5, 0.6) is 5.75 Å². The standard InChI is InChI=1S/C30H36BrN9O/c1-3-20-16-26(28(41-2)18-27(20)40-12-6-22(7-13-40)39-14-10-32-11-15-39)37-30-35-19-23(31)29(38-30)36-21-4-5-24-25(17-21)34-9-8-33-24/h4-5,8-9,16-19,22,32H,3,6-7,10-15H2,1-2H3,(H2,35,36,37,38). The number of methoxy groups -OCH3 is 1. The van der Waals surface area contributed by atoms with Crippen LogP contribution in [0.2, 0.25) is 0 Å². The summed E-state index contributed by atoms with van der Waals surface area (Å²) in [6.07, 6.45) is 8.42. The molecule has 2 aliphatic heterocycles. The normalized spacial score (nSPS) is 16.6. The Morgan fingerprint density at radius 3 is 2.51 bits per heavy atom. The fraction of sp³-hybridized carbons (Fsp3) is 0.400. The molecule has 0 spiro atoms. The summed E-state index contributed by atoms with van der Waals surface area (Å²) in [7, 11) is 1.71. The fourth-order valence-electron chi connectivity index (χ4n) is 5.79. The van der Waals surface area contributed by atoms with E-state index in [0.29, 0.717) is 17.8 Å². The molecule has 11 heteroatoms. The lowest BCUT2D eigenvalue weighted by atomic mass is 9.99. The molecule has 0 bridgehead atoms. The molecule has 2 fully saturated rings. The predicted octanol–water partition coefficient (Wildman–Crippen LogP) is 5.11. The van der Waals surface area contributed by atoms with Crippen LogP contribution < -0.4 is 25.6 Å². The Morgan fingerprint density at radius 1 is 0.976 bits per heavy atom. The highest BCUT2D eigenvalue weighted by molar-refractivity contribution is 9.10. The van der Waals surface area contributed by atoms with Gasteiger partial charge in [0.2, 0.25) is 5.95 Å². The maximum absolute atomic E-state index is 5.86. The van der Waals surface area contributed by atoms with Crippen LogP contribution in [-0.4, -0.2) is 77.3 Å². The second-order valence-corrected chi connectivity index (χ2v) is 11.3. The van der Waals surface area contributed by atoms with Crippen molar-refractivity contribution in [3.05, 3.63) is 59.0 Å². The van der Waals surface area contributed by atoms with Crippen LogP contribution in [0.15, 0.2) is 53.4 Å². The van der Waals surface area contributed by atoms with E-state index in [0.717, 1.165) is 78.3 Å². The first-order valence-corrected chi connectivity index (χ1v) is 15.1. The van der Waals surface area contributed by atoms with Crippen molar-refractivity contribution >= 4 is 55.8 Å². The highest BCUT2D eigenvalue weighted by Gasteiger charge is 2.27. The number of aryl methyl sites for hydroxylation is 1. The summed E-state index contributed by atoms with van der Waals surface area (Å²) >= 11 is 3.58. The van der Waals surface area contributed by atoms with Gasteiger partial charge in [0.05, 0.1) is 28.3 Å². The first-order valence-electron chi connectivity index (χ1n) is 14.3. The molecule has 2 aliphatic rings. The highest BCUT2D eigenvalue weighted by Crippen LogP contribution is 2.37. The number of halogens is 1. The summed E-state index contributed by atoms with van der Waals surface area (Å²) in [5, 5.41) is 10.2. The minimum atomic E-state index is 0.473. The van der Waals surface area contributed by atoms with Crippen molar-refractivity contribution < 1.29 is 4.74 Å². The number of hydrogen-bond acceptors (Lipinski definition) is 10. The Morgan fingerprint density at radius 2 is 1.76 bits per heavy atom. The Labute approximate surface area is 249 Å². The van der Waals surface area contributed by atoms with Gasteiger partial charge in [-0.15, -0.1) is 0 Å². The molecule has 3 N–H and O–H groups in total. The van der Waals surface area contributed by atoms with E-state index in [9.17, 15) is 0 Å². The molecule has 4 heterocycles. The Hall–Kier alpha value is -3.54. The van der Waals surface area contributed by atoms with Gasteiger partial charge >= 0.3 is 0 Å². The minimum Gasteiger partial charge on any atom is -0.494 e. The lowest BCUT2D eigenvalue weighted by Crippen LogP contribution is -2.52. The molecule has 2 saturated heterocycles. The van der Waals surface area contributed by atoms with Crippen molar-refractivity contribution in [1.29, 1.82) is 0 Å². The third-order valence-electron chi connectivity index (χ3n) is 7.98. The number of ether oxygens (including phenoxy) is 1. The van der Waals surface area contributed by atoms with Crippen molar-refractivity contribution in [1.82, 2.24) is 30.2 Å². The van der Waals surface area contributed by atoms with Gasteiger partial charge < -0.3 is 25.6 Å². The molecule has 4 aromatic rings. The van der Waals surface area contributed by atoms with Gasteiger partial charge in [-0.1, -0.05) is 6.92 Å². The number of nitrogens with zero attached hydrogens (tertiary/aromatic N) is 6. The van der Waals surface area contributed by atoms with E-state index in [-0.39, 0.29) is 0 Å². The van der Waals surface area contributed by atoms with E-state index < -0.39 is 0 Å². The first kappa shape index (κ1) is 27.6.